The molecule has 8 heteroatoms. The average Bonchev–Trinajstić information content (AvgIpc) is 2.86. The summed E-state index contributed by atoms with van der Waals surface area (Å²) in [5, 5.41) is 10.6. The van der Waals surface area contributed by atoms with Crippen molar-refractivity contribution < 1.29 is 38.4 Å². The van der Waals surface area contributed by atoms with Crippen molar-refractivity contribution >= 4 is 17.5 Å². The zero-order valence-electron chi connectivity index (χ0n) is 24.8. The van der Waals surface area contributed by atoms with Crippen molar-refractivity contribution in [3.05, 3.63) is 34.3 Å². The molecule has 39 heavy (non-hydrogen) atoms. The van der Waals surface area contributed by atoms with Gasteiger partial charge in [-0.15, -0.1) is 0 Å². The van der Waals surface area contributed by atoms with E-state index >= 15 is 0 Å². The zero-order chi connectivity index (χ0) is 29.1. The van der Waals surface area contributed by atoms with Crippen LogP contribution in [0.25, 0.3) is 0 Å². The van der Waals surface area contributed by atoms with Crippen LogP contribution >= 0.6 is 0 Å². The Morgan fingerprint density at radius 3 is 2.38 bits per heavy atom. The summed E-state index contributed by atoms with van der Waals surface area (Å²) in [7, 11) is 1.39. The molecule has 2 heterocycles. The second kappa shape index (κ2) is 10.2. The van der Waals surface area contributed by atoms with Gasteiger partial charge in [0.2, 0.25) is 11.6 Å². The Bertz CT molecular complexity index is 1150. The van der Waals surface area contributed by atoms with Crippen molar-refractivity contribution in [2.75, 3.05) is 7.11 Å². The minimum absolute atomic E-state index is 0.0148. The third-order valence-corrected chi connectivity index (χ3v) is 9.74. The van der Waals surface area contributed by atoms with E-state index in [1.54, 1.807) is 20.8 Å². The van der Waals surface area contributed by atoms with Crippen LogP contribution in [-0.4, -0.2) is 59.3 Å². The first-order valence-corrected chi connectivity index (χ1v) is 14.1. The third-order valence-electron chi connectivity index (χ3n) is 9.74. The lowest BCUT2D eigenvalue weighted by Gasteiger charge is -2.60. The van der Waals surface area contributed by atoms with Crippen LogP contribution in [0.3, 0.4) is 0 Å². The minimum atomic E-state index is -0.937. The molecule has 1 saturated heterocycles. The van der Waals surface area contributed by atoms with Gasteiger partial charge in [-0.05, 0) is 72.3 Å². The molecule has 4 rings (SSSR count). The molecule has 216 valence electrons. The van der Waals surface area contributed by atoms with E-state index < -0.39 is 29.2 Å². The molecule has 4 aliphatic rings. The summed E-state index contributed by atoms with van der Waals surface area (Å²) < 4.78 is 24.2. The molecule has 1 N–H and O–H groups in total. The Morgan fingerprint density at radius 1 is 1.15 bits per heavy atom. The highest BCUT2D eigenvalue weighted by molar-refractivity contribution is 6.24. The second-order valence-corrected chi connectivity index (χ2v) is 12.8. The van der Waals surface area contributed by atoms with Crippen LogP contribution < -0.4 is 0 Å². The van der Waals surface area contributed by atoms with Crippen LogP contribution in [0.5, 0.6) is 0 Å². The Labute approximate surface area is 231 Å². The van der Waals surface area contributed by atoms with Crippen molar-refractivity contribution in [1.82, 2.24) is 0 Å². The summed E-state index contributed by atoms with van der Waals surface area (Å²) >= 11 is 0. The van der Waals surface area contributed by atoms with E-state index in [0.29, 0.717) is 24.8 Å². The molecule has 0 aromatic rings. The second-order valence-electron chi connectivity index (χ2n) is 12.8. The fourth-order valence-electron chi connectivity index (χ4n) is 7.36. The van der Waals surface area contributed by atoms with Crippen molar-refractivity contribution in [1.29, 1.82) is 0 Å². The fourth-order valence-corrected chi connectivity index (χ4v) is 7.36. The fraction of sp³-hybridized carbons (Fsp3) is 0.710. The van der Waals surface area contributed by atoms with E-state index in [2.05, 4.69) is 6.92 Å². The molecule has 8 nitrogen and oxygen atoms in total. The van der Waals surface area contributed by atoms with Gasteiger partial charge in [0, 0.05) is 29.7 Å². The molecule has 7 atom stereocenters. The number of fused-ring (bicyclic) bond motifs is 3. The van der Waals surface area contributed by atoms with Crippen LogP contribution in [-0.2, 0) is 33.3 Å². The first-order chi connectivity index (χ1) is 18.1. The molecular formula is C31H44O8. The molecule has 0 spiro atoms. The largest absolute Gasteiger partial charge is 0.492 e. The maximum absolute atomic E-state index is 14.1. The molecule has 0 aromatic heterocycles. The summed E-state index contributed by atoms with van der Waals surface area (Å²) in [6, 6.07) is 0. The van der Waals surface area contributed by atoms with Crippen LogP contribution in [0, 0.1) is 17.3 Å². The summed E-state index contributed by atoms with van der Waals surface area (Å²) in [6.45, 7) is 14.5. The number of hydrogen-bond donors (Lipinski definition) is 1. The summed E-state index contributed by atoms with van der Waals surface area (Å²) in [6.07, 6.45) is 4.07. The van der Waals surface area contributed by atoms with Gasteiger partial charge in [-0.25, -0.2) is 0 Å². The lowest BCUT2D eigenvalue weighted by atomic mass is 9.53. The predicted molar refractivity (Wildman–Crippen MR) is 144 cm³/mol. The van der Waals surface area contributed by atoms with Gasteiger partial charge in [0.1, 0.15) is 11.7 Å². The highest BCUT2D eigenvalue weighted by atomic mass is 16.5. The number of allylic oxidation sites excluding steroid dienone is 3. The number of ether oxygens (including phenoxy) is 4. The Hall–Kier alpha value is -2.45. The maximum Gasteiger partial charge on any atom is 0.303 e. The van der Waals surface area contributed by atoms with E-state index in [1.807, 2.05) is 26.8 Å². The van der Waals surface area contributed by atoms with Crippen molar-refractivity contribution in [2.24, 2.45) is 17.3 Å². The molecule has 2 aliphatic heterocycles. The minimum Gasteiger partial charge on any atom is -0.492 e. The first kappa shape index (κ1) is 29.5. The van der Waals surface area contributed by atoms with Gasteiger partial charge in [0.05, 0.1) is 30.5 Å². The SMILES string of the molecule is C/C=C(\C)[C@@H](OC(C)=O)[C@@H](C)C1=C(OC)C(=O)C2=C(O[C@]3(C)CC[C@H]4O[C@@H](C(C)(C)O)CC[C@]4(C)[C@H]3C2)C1=O. The topological polar surface area (TPSA) is 108 Å². The van der Waals surface area contributed by atoms with E-state index in [1.165, 1.54) is 14.0 Å². The molecule has 0 radical (unpaired) electrons. The monoisotopic (exact) mass is 544 g/mol. The first-order valence-electron chi connectivity index (χ1n) is 14.1. The highest BCUT2D eigenvalue weighted by Crippen LogP contribution is 2.60. The molecular weight excluding hydrogens is 500 g/mol. The molecule has 0 bridgehead atoms. The standard InChI is InChI=1S/C31H44O8/c1-10-16(2)26(37-18(4)32)17(3)23-25(34)27-19(24(33)28(23)36-9)15-20-30(7)13-11-21(29(5,6)35)38-22(30)12-14-31(20,8)39-27/h10,17,20-22,26,35H,11-15H2,1-9H3/b16-10+/t17-,20+,21+,22+,26+,30+,31+/m0/s1. The highest BCUT2D eigenvalue weighted by Gasteiger charge is 2.61. The number of methoxy groups -OCH3 is 1. The maximum atomic E-state index is 14.1. The molecule has 2 fully saturated rings. The molecule has 0 aromatic carbocycles. The summed E-state index contributed by atoms with van der Waals surface area (Å²) in [4.78, 5) is 39.9. The van der Waals surface area contributed by atoms with E-state index in [0.717, 1.165) is 18.4 Å². The normalized spacial score (nSPS) is 34.9. The number of Topliss-reactive ketones (excluding diaryl/α,β-unsaturated/α-hetero) is 2. The zero-order valence-corrected chi connectivity index (χ0v) is 24.8. The molecule has 0 amide bonds. The van der Waals surface area contributed by atoms with Crippen LogP contribution in [0.15, 0.2) is 34.3 Å². The summed E-state index contributed by atoms with van der Waals surface area (Å²) in [5.41, 5.74) is -0.598. The van der Waals surface area contributed by atoms with Crippen molar-refractivity contribution in [3.63, 3.8) is 0 Å². The number of esters is 1. The Kier molecular flexibility index (Phi) is 7.71. The molecule has 1 saturated carbocycles. The Balaban J connectivity index is 1.71. The number of ketones is 2. The third kappa shape index (κ3) is 4.88. The number of aliphatic hydroxyl groups is 1. The van der Waals surface area contributed by atoms with Gasteiger partial charge in [0.25, 0.3) is 0 Å². The predicted octanol–water partition coefficient (Wildman–Crippen LogP) is 4.74. The molecule has 0 unspecified atom stereocenters. The Morgan fingerprint density at radius 2 is 1.82 bits per heavy atom. The van der Waals surface area contributed by atoms with Gasteiger partial charge < -0.3 is 24.1 Å². The van der Waals surface area contributed by atoms with Crippen molar-refractivity contribution in [2.45, 2.75) is 117 Å². The molecule has 2 aliphatic carbocycles. The summed E-state index contributed by atoms with van der Waals surface area (Å²) in [5.74, 6) is -1.82. The van der Waals surface area contributed by atoms with Gasteiger partial charge in [-0.1, -0.05) is 19.9 Å². The average molecular weight is 545 g/mol. The quantitative estimate of drug-likeness (QED) is 0.290. The van der Waals surface area contributed by atoms with Crippen LogP contribution in [0.2, 0.25) is 0 Å². The van der Waals surface area contributed by atoms with Gasteiger partial charge in [-0.3, -0.25) is 14.4 Å². The van der Waals surface area contributed by atoms with E-state index in [9.17, 15) is 19.5 Å². The number of hydrogen-bond acceptors (Lipinski definition) is 8. The smallest absolute Gasteiger partial charge is 0.303 e. The number of carbonyl (C=O) groups excluding carboxylic acids is 3. The lowest BCUT2D eigenvalue weighted by molar-refractivity contribution is -0.245. The number of rotatable bonds is 6. The van der Waals surface area contributed by atoms with Gasteiger partial charge >= 0.3 is 5.97 Å². The van der Waals surface area contributed by atoms with Crippen LogP contribution in [0.4, 0.5) is 0 Å². The number of carbonyl (C=O) groups is 3. The lowest BCUT2D eigenvalue weighted by Crippen LogP contribution is -2.62. The van der Waals surface area contributed by atoms with Crippen molar-refractivity contribution in [3.8, 4) is 0 Å². The van der Waals surface area contributed by atoms with Crippen LogP contribution in [0.1, 0.15) is 87.5 Å². The van der Waals surface area contributed by atoms with E-state index in [-0.39, 0.29) is 52.2 Å². The van der Waals surface area contributed by atoms with E-state index in [4.69, 9.17) is 18.9 Å². The van der Waals surface area contributed by atoms with Gasteiger partial charge in [0.15, 0.2) is 11.5 Å². The van der Waals surface area contributed by atoms with Gasteiger partial charge in [-0.2, -0.15) is 0 Å².